The minimum absolute atomic E-state index is 0.0103. The van der Waals surface area contributed by atoms with Crippen molar-refractivity contribution < 1.29 is 22.0 Å². The van der Waals surface area contributed by atoms with Gasteiger partial charge in [-0.2, -0.15) is 8.78 Å². The number of benzene rings is 1. The van der Waals surface area contributed by atoms with Crippen LogP contribution in [0, 0.1) is 0 Å². The van der Waals surface area contributed by atoms with Gasteiger partial charge in [-0.15, -0.1) is 0 Å². The normalized spacial score (nSPS) is 11.5. The summed E-state index contributed by atoms with van der Waals surface area (Å²) < 4.78 is 48.6. The first-order valence-electron chi connectivity index (χ1n) is 5.97. The van der Waals surface area contributed by atoms with E-state index in [1.54, 1.807) is 0 Å². The third kappa shape index (κ3) is 3.77. The minimum Gasteiger partial charge on any atom is -0.321 e. The van der Waals surface area contributed by atoms with Crippen LogP contribution in [0.1, 0.15) is 10.4 Å². The lowest BCUT2D eigenvalue weighted by atomic mass is 10.2. The summed E-state index contributed by atoms with van der Waals surface area (Å²) in [4.78, 5) is 15.1. The molecule has 1 heterocycles. The van der Waals surface area contributed by atoms with Crippen molar-refractivity contribution in [1.29, 1.82) is 0 Å². The Bertz CT molecular complexity index is 860. The zero-order chi connectivity index (χ0) is 17.2. The highest BCUT2D eigenvalue weighted by molar-refractivity contribution is 7.91. The number of hydrogen-bond acceptors (Lipinski definition) is 4. The Morgan fingerprint density at radius 2 is 1.87 bits per heavy atom. The molecule has 1 N–H and O–H groups in total. The van der Waals surface area contributed by atoms with Crippen molar-refractivity contribution in [2.24, 2.45) is 0 Å². The molecule has 23 heavy (non-hydrogen) atoms. The SMILES string of the molecule is O=C(Nc1ccccc1S(=O)(=O)C(F)F)c1cnc(Cl)c(Cl)c1. The lowest BCUT2D eigenvalue weighted by Crippen LogP contribution is -2.18. The average Bonchev–Trinajstić information content (AvgIpc) is 2.50. The molecule has 0 aliphatic carbocycles. The molecule has 5 nitrogen and oxygen atoms in total. The molecule has 0 aliphatic rings. The van der Waals surface area contributed by atoms with E-state index in [0.717, 1.165) is 12.3 Å². The maximum Gasteiger partial charge on any atom is 0.341 e. The van der Waals surface area contributed by atoms with Gasteiger partial charge in [-0.1, -0.05) is 35.3 Å². The fourth-order valence-electron chi connectivity index (χ4n) is 1.65. The highest BCUT2D eigenvalue weighted by Gasteiger charge is 2.29. The number of halogens is 4. The molecule has 1 aromatic heterocycles. The lowest BCUT2D eigenvalue weighted by molar-refractivity contribution is 0.102. The Kier molecular flexibility index (Phi) is 5.18. The third-order valence-electron chi connectivity index (χ3n) is 2.73. The van der Waals surface area contributed by atoms with Crippen LogP contribution in [0.25, 0.3) is 0 Å². The number of rotatable bonds is 4. The number of carbonyl (C=O) groups excluding carboxylic acids is 1. The summed E-state index contributed by atoms with van der Waals surface area (Å²) in [6, 6.07) is 6.05. The molecule has 0 spiro atoms. The predicted molar refractivity (Wildman–Crippen MR) is 81.8 cm³/mol. The molecule has 0 saturated heterocycles. The molecule has 0 fully saturated rings. The zero-order valence-corrected chi connectivity index (χ0v) is 13.5. The number of anilines is 1. The van der Waals surface area contributed by atoms with Crippen molar-refractivity contribution in [2.45, 2.75) is 10.7 Å². The van der Waals surface area contributed by atoms with E-state index in [-0.39, 0.29) is 21.4 Å². The summed E-state index contributed by atoms with van der Waals surface area (Å²) in [5.41, 5.74) is -0.285. The summed E-state index contributed by atoms with van der Waals surface area (Å²) in [6.45, 7) is 0. The molecule has 0 saturated carbocycles. The fourth-order valence-corrected chi connectivity index (χ4v) is 2.81. The van der Waals surface area contributed by atoms with Crippen molar-refractivity contribution in [3.8, 4) is 0 Å². The van der Waals surface area contributed by atoms with Crippen LogP contribution >= 0.6 is 23.2 Å². The molecule has 1 amide bonds. The number of para-hydroxylation sites is 1. The van der Waals surface area contributed by atoms with E-state index < -0.39 is 26.4 Å². The fraction of sp³-hybridized carbons (Fsp3) is 0.0769. The Morgan fingerprint density at radius 3 is 2.48 bits per heavy atom. The van der Waals surface area contributed by atoms with Gasteiger partial charge in [0.25, 0.3) is 5.91 Å². The van der Waals surface area contributed by atoms with Crippen LogP contribution in [0.15, 0.2) is 41.4 Å². The number of nitrogens with zero attached hydrogens (tertiary/aromatic N) is 1. The highest BCUT2D eigenvalue weighted by Crippen LogP contribution is 2.27. The van der Waals surface area contributed by atoms with Crippen LogP contribution < -0.4 is 5.32 Å². The molecule has 122 valence electrons. The van der Waals surface area contributed by atoms with E-state index in [1.165, 1.54) is 24.3 Å². The van der Waals surface area contributed by atoms with Crippen molar-refractivity contribution in [3.05, 3.63) is 52.3 Å². The summed E-state index contributed by atoms with van der Waals surface area (Å²) in [5.74, 6) is -4.37. The molecule has 0 atom stereocenters. The third-order valence-corrected chi connectivity index (χ3v) is 4.86. The number of sulfone groups is 1. The minimum atomic E-state index is -4.86. The molecular weight excluding hydrogens is 373 g/mol. The van der Waals surface area contributed by atoms with Gasteiger partial charge in [-0.3, -0.25) is 4.79 Å². The van der Waals surface area contributed by atoms with Gasteiger partial charge < -0.3 is 5.32 Å². The largest absolute Gasteiger partial charge is 0.341 e. The summed E-state index contributed by atoms with van der Waals surface area (Å²) in [5, 5.41) is 2.25. The second-order valence-corrected chi connectivity index (χ2v) is 6.90. The quantitative estimate of drug-likeness (QED) is 0.821. The second kappa shape index (κ2) is 6.77. The number of hydrogen-bond donors (Lipinski definition) is 1. The Hall–Kier alpha value is -1.77. The second-order valence-electron chi connectivity index (χ2n) is 4.25. The van der Waals surface area contributed by atoms with Crippen molar-refractivity contribution in [3.63, 3.8) is 0 Å². The number of amides is 1. The summed E-state index contributed by atoms with van der Waals surface area (Å²) in [7, 11) is -4.86. The van der Waals surface area contributed by atoms with Gasteiger partial charge in [0.15, 0.2) is 0 Å². The van der Waals surface area contributed by atoms with Gasteiger partial charge in [-0.25, -0.2) is 13.4 Å². The Morgan fingerprint density at radius 1 is 1.22 bits per heavy atom. The molecule has 2 aromatic rings. The zero-order valence-electron chi connectivity index (χ0n) is 11.1. The molecule has 1 aromatic carbocycles. The summed E-state index contributed by atoms with van der Waals surface area (Å²) in [6.07, 6.45) is 1.12. The Labute approximate surface area is 140 Å². The van der Waals surface area contributed by atoms with Gasteiger partial charge in [0.1, 0.15) is 5.15 Å². The topological polar surface area (TPSA) is 76.1 Å². The van der Waals surface area contributed by atoms with Crippen molar-refractivity contribution in [2.75, 3.05) is 5.32 Å². The van der Waals surface area contributed by atoms with Crippen LogP contribution in [0.3, 0.4) is 0 Å². The lowest BCUT2D eigenvalue weighted by Gasteiger charge is -2.11. The van der Waals surface area contributed by atoms with E-state index in [2.05, 4.69) is 10.3 Å². The number of carbonyl (C=O) groups is 1. The van der Waals surface area contributed by atoms with Crippen molar-refractivity contribution >= 4 is 44.6 Å². The maximum atomic E-state index is 12.7. The van der Waals surface area contributed by atoms with Gasteiger partial charge >= 0.3 is 5.76 Å². The maximum absolute atomic E-state index is 12.7. The van der Waals surface area contributed by atoms with Gasteiger partial charge in [0.05, 0.1) is 21.2 Å². The monoisotopic (exact) mass is 380 g/mol. The van der Waals surface area contributed by atoms with E-state index in [9.17, 15) is 22.0 Å². The predicted octanol–water partition coefficient (Wildman–Crippen LogP) is 3.64. The molecule has 2 rings (SSSR count). The highest BCUT2D eigenvalue weighted by atomic mass is 35.5. The molecule has 0 radical (unpaired) electrons. The molecular formula is C13H8Cl2F2N2O3S. The first-order chi connectivity index (χ1) is 10.7. The van der Waals surface area contributed by atoms with Crippen LogP contribution in [0.5, 0.6) is 0 Å². The van der Waals surface area contributed by atoms with Crippen LogP contribution in [0.4, 0.5) is 14.5 Å². The molecule has 10 heteroatoms. The molecule has 0 unspecified atom stereocenters. The smallest absolute Gasteiger partial charge is 0.321 e. The number of nitrogens with one attached hydrogen (secondary N) is 1. The van der Waals surface area contributed by atoms with Gasteiger partial charge in [0, 0.05) is 6.20 Å². The van der Waals surface area contributed by atoms with E-state index in [4.69, 9.17) is 23.2 Å². The van der Waals surface area contributed by atoms with E-state index in [0.29, 0.717) is 0 Å². The van der Waals surface area contributed by atoms with E-state index in [1.807, 2.05) is 0 Å². The summed E-state index contributed by atoms with van der Waals surface area (Å²) >= 11 is 11.4. The number of pyridine rings is 1. The van der Waals surface area contributed by atoms with E-state index >= 15 is 0 Å². The first-order valence-corrected chi connectivity index (χ1v) is 8.27. The molecule has 0 bridgehead atoms. The first kappa shape index (κ1) is 17.6. The number of aromatic nitrogens is 1. The van der Waals surface area contributed by atoms with Gasteiger partial charge in [0.2, 0.25) is 9.84 Å². The van der Waals surface area contributed by atoms with Crippen LogP contribution in [-0.4, -0.2) is 25.1 Å². The average molecular weight is 381 g/mol. The van der Waals surface area contributed by atoms with Crippen molar-refractivity contribution in [1.82, 2.24) is 4.98 Å². The standard InChI is InChI=1S/C13H8Cl2F2N2O3S/c14-8-5-7(6-18-11(8)15)12(20)19-9-3-1-2-4-10(9)23(21,22)13(16)17/h1-6,13H,(H,19,20). The van der Waals surface area contributed by atoms with Crippen LogP contribution in [0.2, 0.25) is 10.2 Å². The molecule has 0 aliphatic heterocycles. The number of alkyl halides is 2. The van der Waals surface area contributed by atoms with Crippen LogP contribution in [-0.2, 0) is 9.84 Å². The Balaban J connectivity index is 2.37. The van der Waals surface area contributed by atoms with Gasteiger partial charge in [-0.05, 0) is 18.2 Å².